The Morgan fingerprint density at radius 3 is 2.63 bits per heavy atom. The van der Waals surface area contributed by atoms with Crippen LogP contribution >= 0.6 is 0 Å². The number of sulfonamides is 1. The maximum atomic E-state index is 11.4. The highest BCUT2D eigenvalue weighted by molar-refractivity contribution is 7.89. The number of likely N-dealkylation sites (tertiary alicyclic amines) is 1. The molecular weight excluding hydrogens is 400 g/mol. The molecular formula is C22H28N4O3S. The third-order valence-electron chi connectivity index (χ3n) is 7.35. The maximum absolute atomic E-state index is 11.4. The molecule has 5 rings (SSSR count). The minimum absolute atomic E-state index is 0.0861. The van der Waals surface area contributed by atoms with Gasteiger partial charge < -0.3 is 21.1 Å². The van der Waals surface area contributed by atoms with Crippen LogP contribution in [0.2, 0.25) is 0 Å². The molecule has 1 saturated heterocycles. The van der Waals surface area contributed by atoms with Crippen molar-refractivity contribution >= 4 is 10.0 Å². The van der Waals surface area contributed by atoms with E-state index in [2.05, 4.69) is 17.3 Å². The minimum Gasteiger partial charge on any atom is -0.508 e. The number of primary sulfonamides is 1. The van der Waals surface area contributed by atoms with Gasteiger partial charge in [0.25, 0.3) is 0 Å². The summed E-state index contributed by atoms with van der Waals surface area (Å²) in [6, 6.07) is 12.8. The van der Waals surface area contributed by atoms with Gasteiger partial charge >= 0.3 is 0 Å². The van der Waals surface area contributed by atoms with Gasteiger partial charge in [-0.15, -0.1) is 0 Å². The first kappa shape index (κ1) is 20.0. The van der Waals surface area contributed by atoms with Gasteiger partial charge in [0.15, 0.2) is 0 Å². The van der Waals surface area contributed by atoms with Crippen LogP contribution in [0.3, 0.4) is 0 Å². The van der Waals surface area contributed by atoms with Crippen LogP contribution in [0.5, 0.6) is 5.75 Å². The van der Waals surface area contributed by atoms with Crippen LogP contribution in [-0.2, 0) is 28.4 Å². The summed E-state index contributed by atoms with van der Waals surface area (Å²) in [5.41, 5.74) is 10.1. The smallest absolute Gasteiger partial charge is 0.238 e. The van der Waals surface area contributed by atoms with Crippen LogP contribution in [0.4, 0.5) is 0 Å². The van der Waals surface area contributed by atoms with E-state index in [0.29, 0.717) is 6.04 Å². The molecule has 8 heteroatoms. The summed E-state index contributed by atoms with van der Waals surface area (Å²) in [5.74, 6) is 0.260. The standard InChI is InChI=1S/C22H28N4O3S/c1-26-13-21-11-15-4-5-16(27)10-18(15)22(23,12-21)19(20(21)26)25-9-8-14-2-6-17(7-3-14)30(24,28)29/h2-7,10,19-20,25,27H,8-9,11-13,23H2,1H3,(H2,24,28,29)/t19-,20-,21?,22-/m0/s1. The lowest BCUT2D eigenvalue weighted by Crippen LogP contribution is -2.67. The summed E-state index contributed by atoms with van der Waals surface area (Å²) >= 11 is 0. The molecule has 6 N–H and O–H groups in total. The molecule has 2 aromatic rings. The quantitative estimate of drug-likeness (QED) is 0.555. The number of phenols is 1. The first-order valence-electron chi connectivity index (χ1n) is 10.3. The van der Waals surface area contributed by atoms with Crippen molar-refractivity contribution in [2.45, 2.75) is 41.8 Å². The molecule has 2 aliphatic carbocycles. The van der Waals surface area contributed by atoms with E-state index in [1.807, 2.05) is 12.1 Å². The van der Waals surface area contributed by atoms with Crippen molar-refractivity contribution < 1.29 is 13.5 Å². The largest absolute Gasteiger partial charge is 0.508 e. The Labute approximate surface area is 177 Å². The summed E-state index contributed by atoms with van der Waals surface area (Å²) in [4.78, 5) is 2.51. The lowest BCUT2D eigenvalue weighted by atomic mass is 9.65. The van der Waals surface area contributed by atoms with Crippen LogP contribution in [0.25, 0.3) is 0 Å². The average Bonchev–Trinajstić information content (AvgIpc) is 2.83. The third-order valence-corrected chi connectivity index (χ3v) is 8.28. The van der Waals surface area contributed by atoms with E-state index in [1.54, 1.807) is 30.3 Å². The highest BCUT2D eigenvalue weighted by atomic mass is 32.2. The lowest BCUT2D eigenvalue weighted by Gasteiger charge is -2.54. The Bertz CT molecular complexity index is 1100. The first-order chi connectivity index (χ1) is 14.1. The molecule has 30 heavy (non-hydrogen) atoms. The predicted molar refractivity (Wildman–Crippen MR) is 114 cm³/mol. The summed E-state index contributed by atoms with van der Waals surface area (Å²) in [6.07, 6.45) is 2.68. The number of hydrogen-bond donors (Lipinski definition) is 4. The van der Waals surface area contributed by atoms with Crippen molar-refractivity contribution in [3.8, 4) is 5.75 Å². The van der Waals surface area contributed by atoms with Crippen LogP contribution in [0, 0.1) is 5.41 Å². The molecule has 1 saturated carbocycles. The van der Waals surface area contributed by atoms with Gasteiger partial charge in [-0.1, -0.05) is 18.2 Å². The number of hydrogen-bond acceptors (Lipinski definition) is 6. The Kier molecular flexibility index (Phi) is 4.33. The van der Waals surface area contributed by atoms with Crippen LogP contribution in [0.15, 0.2) is 47.4 Å². The molecule has 0 aromatic heterocycles. The average molecular weight is 429 g/mol. The van der Waals surface area contributed by atoms with E-state index in [-0.39, 0.29) is 22.1 Å². The van der Waals surface area contributed by atoms with E-state index in [9.17, 15) is 13.5 Å². The molecule has 1 unspecified atom stereocenters. The number of fused-ring (bicyclic) bond motifs is 3. The van der Waals surface area contributed by atoms with Gasteiger partial charge in [-0.05, 0) is 73.8 Å². The fraction of sp³-hybridized carbons (Fsp3) is 0.455. The summed E-state index contributed by atoms with van der Waals surface area (Å²) < 4.78 is 22.9. The number of aromatic hydroxyl groups is 1. The molecule has 2 fully saturated rings. The molecule has 1 spiro atoms. The van der Waals surface area contributed by atoms with Crippen molar-refractivity contribution in [3.05, 3.63) is 59.2 Å². The topological polar surface area (TPSA) is 122 Å². The summed E-state index contributed by atoms with van der Waals surface area (Å²) in [7, 11) is -1.52. The molecule has 7 nitrogen and oxygen atoms in total. The monoisotopic (exact) mass is 428 g/mol. The first-order valence-corrected chi connectivity index (χ1v) is 11.8. The number of nitrogens with two attached hydrogens (primary N) is 2. The van der Waals surface area contributed by atoms with Crippen molar-refractivity contribution in [1.29, 1.82) is 0 Å². The second kappa shape index (κ2) is 6.51. The van der Waals surface area contributed by atoms with Crippen LogP contribution < -0.4 is 16.2 Å². The highest BCUT2D eigenvalue weighted by Gasteiger charge is 2.69. The van der Waals surface area contributed by atoms with E-state index in [4.69, 9.17) is 10.9 Å². The van der Waals surface area contributed by atoms with Gasteiger partial charge in [0.1, 0.15) is 5.75 Å². The highest BCUT2D eigenvalue weighted by Crippen LogP contribution is 2.61. The Morgan fingerprint density at radius 2 is 1.97 bits per heavy atom. The van der Waals surface area contributed by atoms with E-state index in [1.165, 1.54) is 5.56 Å². The van der Waals surface area contributed by atoms with Crippen LogP contribution in [0.1, 0.15) is 23.1 Å². The van der Waals surface area contributed by atoms with Crippen molar-refractivity contribution in [2.24, 2.45) is 16.3 Å². The van der Waals surface area contributed by atoms with Gasteiger partial charge in [0.2, 0.25) is 10.0 Å². The fourth-order valence-corrected chi connectivity index (χ4v) is 6.83. The van der Waals surface area contributed by atoms with E-state index < -0.39 is 15.6 Å². The van der Waals surface area contributed by atoms with Gasteiger partial charge in [-0.25, -0.2) is 13.6 Å². The number of nitrogens with one attached hydrogen (secondary N) is 1. The summed E-state index contributed by atoms with van der Waals surface area (Å²) in [6.45, 7) is 1.77. The van der Waals surface area contributed by atoms with Crippen LogP contribution in [-0.4, -0.2) is 50.6 Å². The number of likely N-dealkylation sites (N-methyl/N-ethyl adjacent to an activating group) is 1. The second-order valence-electron chi connectivity index (χ2n) is 9.33. The molecule has 160 valence electrons. The molecule has 3 aliphatic rings. The van der Waals surface area contributed by atoms with E-state index >= 15 is 0 Å². The van der Waals surface area contributed by atoms with Gasteiger partial charge in [0.05, 0.1) is 10.4 Å². The fourth-order valence-electron chi connectivity index (χ4n) is 6.31. The molecule has 0 radical (unpaired) electrons. The normalized spacial score (nSPS) is 32.4. The number of phenolic OH excluding ortho intramolecular Hbond substituents is 1. The zero-order valence-electron chi connectivity index (χ0n) is 17.0. The van der Waals surface area contributed by atoms with Crippen molar-refractivity contribution in [3.63, 3.8) is 0 Å². The SMILES string of the molecule is CN1CC23Cc4ccc(O)cc4[C@@](N)(C2)[C@@H](NCCc2ccc(S(N)(=O)=O)cc2)[C@H]13. The zero-order chi connectivity index (χ0) is 21.3. The molecule has 4 atom stereocenters. The zero-order valence-corrected chi connectivity index (χ0v) is 17.8. The Balaban J connectivity index is 1.36. The Morgan fingerprint density at radius 1 is 1.23 bits per heavy atom. The number of rotatable bonds is 5. The molecule has 2 aromatic carbocycles. The predicted octanol–water partition coefficient (Wildman–Crippen LogP) is 0.655. The molecule has 1 aliphatic heterocycles. The van der Waals surface area contributed by atoms with E-state index in [0.717, 1.165) is 43.5 Å². The van der Waals surface area contributed by atoms with Gasteiger partial charge in [-0.2, -0.15) is 0 Å². The Hall–Kier alpha value is -1.97. The number of nitrogens with zero attached hydrogens (tertiary/aromatic N) is 1. The second-order valence-corrected chi connectivity index (χ2v) is 10.9. The van der Waals surface area contributed by atoms with Gasteiger partial charge in [0, 0.05) is 24.0 Å². The molecule has 0 amide bonds. The van der Waals surface area contributed by atoms with Crippen molar-refractivity contribution in [1.82, 2.24) is 10.2 Å². The minimum atomic E-state index is -3.67. The number of benzene rings is 2. The van der Waals surface area contributed by atoms with Gasteiger partial charge in [-0.3, -0.25) is 0 Å². The molecule has 1 heterocycles. The van der Waals surface area contributed by atoms with Crippen molar-refractivity contribution in [2.75, 3.05) is 20.1 Å². The molecule has 2 bridgehead atoms. The lowest BCUT2D eigenvalue weighted by molar-refractivity contribution is -0.0419. The summed E-state index contributed by atoms with van der Waals surface area (Å²) in [5, 5.41) is 19.0. The maximum Gasteiger partial charge on any atom is 0.238 e. The third kappa shape index (κ3) is 2.90.